The minimum absolute atomic E-state index is 0.0605. The van der Waals surface area contributed by atoms with E-state index in [1.165, 1.54) is 263 Å². The number of aliphatic hydroxyl groups excluding tert-OH is 2. The van der Waals surface area contributed by atoms with Crippen molar-refractivity contribution >= 4 is 5.91 Å². The molecule has 3 N–H and O–H groups in total. The highest BCUT2D eigenvalue weighted by molar-refractivity contribution is 5.76. The lowest BCUT2D eigenvalue weighted by atomic mass is 10.0. The molecule has 63 heavy (non-hydrogen) atoms. The Hall–Kier alpha value is -1.39. The van der Waals surface area contributed by atoms with Crippen LogP contribution in [0.15, 0.2) is 36.5 Å². The van der Waals surface area contributed by atoms with E-state index in [0.29, 0.717) is 6.42 Å². The zero-order valence-corrected chi connectivity index (χ0v) is 42.9. The number of aliphatic hydroxyl groups is 2. The fourth-order valence-corrected chi connectivity index (χ4v) is 8.98. The number of hydrogen-bond donors (Lipinski definition) is 3. The number of amides is 1. The molecule has 0 aliphatic heterocycles. The van der Waals surface area contributed by atoms with Gasteiger partial charge in [0.15, 0.2) is 0 Å². The molecule has 0 spiro atoms. The van der Waals surface area contributed by atoms with Crippen molar-refractivity contribution in [3.63, 3.8) is 0 Å². The van der Waals surface area contributed by atoms with Crippen molar-refractivity contribution in [1.29, 1.82) is 0 Å². The first-order valence-corrected chi connectivity index (χ1v) is 28.7. The van der Waals surface area contributed by atoms with Crippen molar-refractivity contribution in [1.82, 2.24) is 5.32 Å². The van der Waals surface area contributed by atoms with Crippen molar-refractivity contribution in [3.05, 3.63) is 36.5 Å². The molecular formula is C59H113NO3. The highest BCUT2D eigenvalue weighted by Crippen LogP contribution is 2.17. The molecule has 0 bridgehead atoms. The Morgan fingerprint density at radius 3 is 0.952 bits per heavy atom. The lowest BCUT2D eigenvalue weighted by Gasteiger charge is -2.20. The van der Waals surface area contributed by atoms with Crippen LogP contribution in [0.2, 0.25) is 0 Å². The Labute approximate surface area is 395 Å². The van der Waals surface area contributed by atoms with Gasteiger partial charge in [0.25, 0.3) is 0 Å². The maximum atomic E-state index is 12.4. The molecule has 0 aromatic rings. The molecule has 4 heteroatoms. The highest BCUT2D eigenvalue weighted by atomic mass is 16.3. The molecular weight excluding hydrogens is 771 g/mol. The topological polar surface area (TPSA) is 69.6 Å². The summed E-state index contributed by atoms with van der Waals surface area (Å²) in [4.78, 5) is 12.4. The summed E-state index contributed by atoms with van der Waals surface area (Å²) >= 11 is 0. The van der Waals surface area contributed by atoms with Crippen LogP contribution in [0.3, 0.4) is 0 Å². The smallest absolute Gasteiger partial charge is 0.220 e. The molecule has 0 radical (unpaired) electrons. The second-order valence-electron chi connectivity index (χ2n) is 19.7. The van der Waals surface area contributed by atoms with Gasteiger partial charge in [0.1, 0.15) is 0 Å². The molecule has 0 saturated carbocycles. The number of hydrogen-bond acceptors (Lipinski definition) is 3. The molecule has 372 valence electrons. The van der Waals surface area contributed by atoms with Crippen LogP contribution in [-0.4, -0.2) is 34.9 Å². The summed E-state index contributed by atoms with van der Waals surface area (Å²) in [6, 6.07) is -0.620. The standard InChI is InChI=1S/C59H113NO3/c1-3-5-7-9-11-13-15-17-19-20-21-22-23-24-25-26-27-28-29-30-31-32-33-34-35-36-37-38-39-40-41-43-45-47-49-51-53-55-59(63)60-57(56-61)58(62)54-52-50-48-46-44-42-18-16-14-12-10-8-6-4-2/h25-26,28-29,52,54,57-58,61-62H,3-24,27,30-51,53,55-56H2,1-2H3,(H,60,63)/b26-25-,29-28-,54-52+. The maximum Gasteiger partial charge on any atom is 0.220 e. The van der Waals surface area contributed by atoms with Gasteiger partial charge in [-0.1, -0.05) is 294 Å². The van der Waals surface area contributed by atoms with Crippen LogP contribution < -0.4 is 5.32 Å². The lowest BCUT2D eigenvalue weighted by molar-refractivity contribution is -0.123. The Bertz CT molecular complexity index is 958. The number of carbonyl (C=O) groups is 1. The molecule has 0 aliphatic rings. The number of rotatable bonds is 53. The minimum Gasteiger partial charge on any atom is -0.394 e. The molecule has 0 heterocycles. The van der Waals surface area contributed by atoms with E-state index >= 15 is 0 Å². The first kappa shape index (κ1) is 61.6. The van der Waals surface area contributed by atoms with E-state index in [2.05, 4.69) is 43.5 Å². The zero-order chi connectivity index (χ0) is 45.6. The van der Waals surface area contributed by atoms with Crippen molar-refractivity contribution in [2.75, 3.05) is 6.61 Å². The molecule has 2 unspecified atom stereocenters. The van der Waals surface area contributed by atoms with E-state index in [1.54, 1.807) is 6.08 Å². The second kappa shape index (κ2) is 54.9. The highest BCUT2D eigenvalue weighted by Gasteiger charge is 2.18. The van der Waals surface area contributed by atoms with Gasteiger partial charge in [0.05, 0.1) is 18.8 Å². The van der Waals surface area contributed by atoms with E-state index in [0.717, 1.165) is 32.1 Å². The van der Waals surface area contributed by atoms with Crippen LogP contribution in [0.5, 0.6) is 0 Å². The minimum atomic E-state index is -0.837. The van der Waals surface area contributed by atoms with Crippen LogP contribution in [0.4, 0.5) is 0 Å². The van der Waals surface area contributed by atoms with Gasteiger partial charge in [0.2, 0.25) is 5.91 Å². The van der Waals surface area contributed by atoms with Gasteiger partial charge in [-0.05, 0) is 51.4 Å². The Morgan fingerprint density at radius 2 is 0.651 bits per heavy atom. The third-order valence-electron chi connectivity index (χ3n) is 13.4. The Balaban J connectivity index is 3.42. The maximum absolute atomic E-state index is 12.4. The summed E-state index contributed by atoms with van der Waals surface area (Å²) in [5.74, 6) is -0.0605. The molecule has 0 aromatic heterocycles. The van der Waals surface area contributed by atoms with Crippen LogP contribution in [0.25, 0.3) is 0 Å². The molecule has 0 saturated heterocycles. The monoisotopic (exact) mass is 884 g/mol. The van der Waals surface area contributed by atoms with Gasteiger partial charge in [-0.15, -0.1) is 0 Å². The average Bonchev–Trinajstić information content (AvgIpc) is 3.29. The number of carbonyl (C=O) groups excluding carboxylic acids is 1. The van der Waals surface area contributed by atoms with Crippen molar-refractivity contribution in [2.45, 2.75) is 328 Å². The lowest BCUT2D eigenvalue weighted by Crippen LogP contribution is -2.45. The van der Waals surface area contributed by atoms with Gasteiger partial charge >= 0.3 is 0 Å². The predicted octanol–water partition coefficient (Wildman–Crippen LogP) is 18.9. The SMILES string of the molecule is CCCCCCCCCCCCCC/C=C/C(O)C(CO)NC(=O)CCCCCCCCCCCCCCCCCCC/C=C\C/C=C\CCCCCCCCCCCCCCC. The van der Waals surface area contributed by atoms with E-state index in [4.69, 9.17) is 0 Å². The molecule has 4 nitrogen and oxygen atoms in total. The molecule has 1 amide bonds. The van der Waals surface area contributed by atoms with Crippen molar-refractivity contribution in [2.24, 2.45) is 0 Å². The summed E-state index contributed by atoms with van der Waals surface area (Å²) in [5.41, 5.74) is 0. The quantitative estimate of drug-likeness (QED) is 0.0421. The third-order valence-corrected chi connectivity index (χ3v) is 13.4. The fourth-order valence-electron chi connectivity index (χ4n) is 8.98. The Kier molecular flexibility index (Phi) is 53.7. The molecule has 0 aliphatic carbocycles. The van der Waals surface area contributed by atoms with E-state index in [9.17, 15) is 15.0 Å². The number of unbranched alkanes of at least 4 members (excludes halogenated alkanes) is 42. The van der Waals surface area contributed by atoms with Crippen molar-refractivity contribution in [3.8, 4) is 0 Å². The fraction of sp³-hybridized carbons (Fsp3) is 0.881. The van der Waals surface area contributed by atoms with Gasteiger partial charge < -0.3 is 15.5 Å². The van der Waals surface area contributed by atoms with Crippen LogP contribution in [0, 0.1) is 0 Å². The zero-order valence-electron chi connectivity index (χ0n) is 42.9. The van der Waals surface area contributed by atoms with Gasteiger partial charge in [-0.3, -0.25) is 4.79 Å². The van der Waals surface area contributed by atoms with Gasteiger partial charge in [-0.25, -0.2) is 0 Å². The van der Waals surface area contributed by atoms with Crippen molar-refractivity contribution < 1.29 is 15.0 Å². The van der Waals surface area contributed by atoms with Crippen LogP contribution >= 0.6 is 0 Å². The summed E-state index contributed by atoms with van der Waals surface area (Å²) in [7, 11) is 0. The summed E-state index contributed by atoms with van der Waals surface area (Å²) < 4.78 is 0. The van der Waals surface area contributed by atoms with Crippen LogP contribution in [0.1, 0.15) is 316 Å². The second-order valence-corrected chi connectivity index (χ2v) is 19.7. The number of nitrogens with one attached hydrogen (secondary N) is 1. The first-order chi connectivity index (χ1) is 31.2. The Morgan fingerprint density at radius 1 is 0.381 bits per heavy atom. The number of allylic oxidation sites excluding steroid dienone is 5. The molecule has 0 aromatic carbocycles. The van der Waals surface area contributed by atoms with E-state index in [-0.39, 0.29) is 12.5 Å². The van der Waals surface area contributed by atoms with E-state index in [1.807, 2.05) is 6.08 Å². The molecule has 0 rings (SSSR count). The largest absolute Gasteiger partial charge is 0.394 e. The van der Waals surface area contributed by atoms with Gasteiger partial charge in [0, 0.05) is 6.42 Å². The van der Waals surface area contributed by atoms with E-state index < -0.39 is 12.1 Å². The summed E-state index contributed by atoms with van der Waals surface area (Å²) in [6.07, 6.45) is 74.7. The summed E-state index contributed by atoms with van der Waals surface area (Å²) in [6.45, 7) is 4.33. The third kappa shape index (κ3) is 51.5. The molecule has 0 fully saturated rings. The average molecular weight is 885 g/mol. The normalized spacial score (nSPS) is 13.0. The summed E-state index contributed by atoms with van der Waals surface area (Å²) in [5, 5.41) is 23.1. The van der Waals surface area contributed by atoms with Gasteiger partial charge in [-0.2, -0.15) is 0 Å². The first-order valence-electron chi connectivity index (χ1n) is 28.7. The van der Waals surface area contributed by atoms with Crippen LogP contribution in [-0.2, 0) is 4.79 Å². The predicted molar refractivity (Wildman–Crippen MR) is 281 cm³/mol. The molecule has 2 atom stereocenters.